The molecule has 0 radical (unpaired) electrons. The van der Waals surface area contributed by atoms with Crippen LogP contribution >= 0.6 is 22.6 Å². The van der Waals surface area contributed by atoms with Crippen LogP contribution in [0.5, 0.6) is 5.75 Å². The highest BCUT2D eigenvalue weighted by Crippen LogP contribution is 2.25. The molecule has 1 saturated heterocycles. The van der Waals surface area contributed by atoms with Gasteiger partial charge in [0.15, 0.2) is 0 Å². The monoisotopic (exact) mass is 434 g/mol. The van der Waals surface area contributed by atoms with E-state index < -0.39 is 5.91 Å². The molecule has 0 atom stereocenters. The second kappa shape index (κ2) is 7.04. The van der Waals surface area contributed by atoms with Crippen molar-refractivity contribution in [2.45, 2.75) is 6.92 Å². The maximum atomic E-state index is 12.6. The minimum absolute atomic E-state index is 0.0840. The lowest BCUT2D eigenvalue weighted by molar-refractivity contribution is -0.117. The molecular weight excluding hydrogens is 419 g/mol. The van der Waals surface area contributed by atoms with Gasteiger partial charge in [0.2, 0.25) is 0 Å². The number of anilines is 1. The quantitative estimate of drug-likeness (QED) is 0.457. The van der Waals surface area contributed by atoms with Gasteiger partial charge < -0.3 is 4.74 Å². The number of nitrogens with one attached hydrogen (secondary N) is 1. The first kappa shape index (κ1) is 16.5. The zero-order chi connectivity index (χ0) is 17.1. The molecule has 0 aromatic heterocycles. The van der Waals surface area contributed by atoms with Gasteiger partial charge in [-0.05, 0) is 65.9 Å². The van der Waals surface area contributed by atoms with E-state index in [9.17, 15) is 9.59 Å². The van der Waals surface area contributed by atoms with Crippen molar-refractivity contribution in [1.29, 1.82) is 0 Å². The molecule has 0 saturated carbocycles. The summed E-state index contributed by atoms with van der Waals surface area (Å²) >= 11 is 2.18. The Morgan fingerprint density at radius 3 is 2.54 bits per heavy atom. The van der Waals surface area contributed by atoms with Crippen molar-refractivity contribution in [2.75, 3.05) is 11.6 Å². The first-order valence-electron chi connectivity index (χ1n) is 7.44. The van der Waals surface area contributed by atoms with Crippen LogP contribution in [0.2, 0.25) is 0 Å². The number of benzene rings is 2. The first-order valence-corrected chi connectivity index (χ1v) is 8.52. The molecule has 24 heavy (non-hydrogen) atoms. The Labute approximate surface area is 153 Å². The average Bonchev–Trinajstić information content (AvgIpc) is 2.86. The molecule has 1 aliphatic heterocycles. The summed E-state index contributed by atoms with van der Waals surface area (Å²) in [4.78, 5) is 24.8. The summed E-state index contributed by atoms with van der Waals surface area (Å²) in [6.07, 6.45) is 1.56. The minimum Gasteiger partial charge on any atom is -0.493 e. The number of amides is 2. The molecule has 3 rings (SSSR count). The molecule has 0 unspecified atom stereocenters. The van der Waals surface area contributed by atoms with E-state index in [0.717, 1.165) is 3.57 Å². The largest absolute Gasteiger partial charge is 0.493 e. The molecule has 1 aliphatic rings. The number of halogens is 1. The van der Waals surface area contributed by atoms with Crippen molar-refractivity contribution in [2.24, 2.45) is 0 Å². The summed E-state index contributed by atoms with van der Waals surface area (Å²) in [6, 6.07) is 14.6. The Morgan fingerprint density at radius 1 is 1.12 bits per heavy atom. The molecule has 0 aliphatic carbocycles. The van der Waals surface area contributed by atoms with Crippen LogP contribution in [0.1, 0.15) is 12.5 Å². The van der Waals surface area contributed by atoms with E-state index in [2.05, 4.69) is 28.0 Å². The number of hydrogen-bond donors (Lipinski definition) is 1. The van der Waals surface area contributed by atoms with Crippen molar-refractivity contribution in [3.8, 4) is 5.75 Å². The van der Waals surface area contributed by atoms with Crippen molar-refractivity contribution < 1.29 is 14.3 Å². The smallest absolute Gasteiger partial charge is 0.282 e. The Hall–Kier alpha value is -2.35. The van der Waals surface area contributed by atoms with Crippen molar-refractivity contribution >= 4 is 46.2 Å². The van der Waals surface area contributed by atoms with Crippen LogP contribution in [0.3, 0.4) is 0 Å². The lowest BCUT2D eigenvalue weighted by Crippen LogP contribution is -2.35. The van der Waals surface area contributed by atoms with Gasteiger partial charge in [0.1, 0.15) is 11.3 Å². The van der Waals surface area contributed by atoms with E-state index >= 15 is 0 Å². The van der Waals surface area contributed by atoms with Crippen LogP contribution in [0, 0.1) is 3.57 Å². The van der Waals surface area contributed by atoms with E-state index in [4.69, 9.17) is 4.74 Å². The molecule has 2 aromatic carbocycles. The van der Waals surface area contributed by atoms with Gasteiger partial charge in [0, 0.05) is 9.13 Å². The number of ether oxygens (including phenoxy) is 1. The first-order chi connectivity index (χ1) is 11.6. The fourth-order valence-corrected chi connectivity index (χ4v) is 2.73. The average molecular weight is 434 g/mol. The Bertz CT molecular complexity index is 815. The van der Waals surface area contributed by atoms with Gasteiger partial charge >= 0.3 is 0 Å². The van der Waals surface area contributed by atoms with E-state index in [-0.39, 0.29) is 11.5 Å². The van der Waals surface area contributed by atoms with Gasteiger partial charge in [-0.1, -0.05) is 18.2 Å². The summed E-state index contributed by atoms with van der Waals surface area (Å²) in [5.41, 5.74) is 4.00. The van der Waals surface area contributed by atoms with Crippen LogP contribution in [0.4, 0.5) is 5.69 Å². The highest BCUT2D eigenvalue weighted by molar-refractivity contribution is 14.1. The summed E-state index contributed by atoms with van der Waals surface area (Å²) in [7, 11) is 0. The van der Waals surface area contributed by atoms with Gasteiger partial charge in [0.25, 0.3) is 11.8 Å². The number of carbonyl (C=O) groups is 2. The minimum atomic E-state index is -0.426. The molecule has 0 bridgehead atoms. The number of rotatable bonds is 4. The molecular formula is C18H15IN2O3. The van der Waals surface area contributed by atoms with Gasteiger partial charge in [0.05, 0.1) is 12.3 Å². The number of nitrogens with zero attached hydrogens (tertiary/aromatic N) is 1. The molecule has 122 valence electrons. The van der Waals surface area contributed by atoms with Gasteiger partial charge in [-0.15, -0.1) is 0 Å². The zero-order valence-corrected chi connectivity index (χ0v) is 15.1. The van der Waals surface area contributed by atoms with Gasteiger partial charge in [-0.25, -0.2) is 5.01 Å². The van der Waals surface area contributed by atoms with Gasteiger partial charge in [-0.3, -0.25) is 15.0 Å². The standard InChI is InChI=1S/C18H15IN2O3/c1-2-24-16-6-4-3-5-12(16)11-15-17(22)20-21(18(15)23)14-9-7-13(19)8-10-14/h3-11H,2H2,1H3,(H,20,22)/b15-11-. The molecule has 5 nitrogen and oxygen atoms in total. The lowest BCUT2D eigenvalue weighted by atomic mass is 10.1. The normalized spacial score (nSPS) is 15.8. The van der Waals surface area contributed by atoms with Crippen LogP contribution in [-0.4, -0.2) is 18.4 Å². The summed E-state index contributed by atoms with van der Waals surface area (Å²) < 4.78 is 6.59. The predicted molar refractivity (Wildman–Crippen MR) is 100 cm³/mol. The topological polar surface area (TPSA) is 58.6 Å². The molecule has 1 fully saturated rings. The molecule has 0 spiro atoms. The number of hydrazine groups is 1. The predicted octanol–water partition coefficient (Wildman–Crippen LogP) is 3.15. The van der Waals surface area contributed by atoms with Crippen molar-refractivity contribution in [3.05, 3.63) is 63.2 Å². The number of carbonyl (C=O) groups excluding carboxylic acids is 2. The highest BCUT2D eigenvalue weighted by Gasteiger charge is 2.34. The molecule has 2 amide bonds. The van der Waals surface area contributed by atoms with Crippen LogP contribution in [0.25, 0.3) is 6.08 Å². The van der Waals surface area contributed by atoms with Crippen LogP contribution < -0.4 is 15.2 Å². The Morgan fingerprint density at radius 2 is 1.83 bits per heavy atom. The SMILES string of the molecule is CCOc1ccccc1/C=C1/C(=O)NN(c2ccc(I)cc2)C1=O. The maximum Gasteiger partial charge on any atom is 0.282 e. The van der Waals surface area contributed by atoms with Gasteiger partial charge in [-0.2, -0.15) is 0 Å². The number of para-hydroxylation sites is 1. The van der Waals surface area contributed by atoms with Crippen molar-refractivity contribution in [1.82, 2.24) is 5.43 Å². The van der Waals surface area contributed by atoms with E-state index in [1.807, 2.05) is 43.3 Å². The van der Waals surface area contributed by atoms with E-state index in [1.54, 1.807) is 18.2 Å². The Kier molecular flexibility index (Phi) is 4.84. The van der Waals surface area contributed by atoms with Crippen LogP contribution in [0.15, 0.2) is 54.1 Å². The third-order valence-corrected chi connectivity index (χ3v) is 4.21. The summed E-state index contributed by atoms with van der Waals surface area (Å²) in [5.74, 6) is -0.168. The summed E-state index contributed by atoms with van der Waals surface area (Å²) in [6.45, 7) is 2.39. The zero-order valence-electron chi connectivity index (χ0n) is 13.0. The molecule has 1 N–H and O–H groups in total. The second-order valence-electron chi connectivity index (χ2n) is 5.09. The third-order valence-electron chi connectivity index (χ3n) is 3.49. The second-order valence-corrected chi connectivity index (χ2v) is 6.33. The summed E-state index contributed by atoms with van der Waals surface area (Å²) in [5, 5.41) is 1.26. The van der Waals surface area contributed by atoms with E-state index in [0.29, 0.717) is 23.6 Å². The lowest BCUT2D eigenvalue weighted by Gasteiger charge is -2.14. The molecule has 6 heteroatoms. The van der Waals surface area contributed by atoms with Crippen molar-refractivity contribution in [3.63, 3.8) is 0 Å². The van der Waals surface area contributed by atoms with E-state index in [1.165, 1.54) is 5.01 Å². The number of hydrogen-bond acceptors (Lipinski definition) is 3. The highest BCUT2D eigenvalue weighted by atomic mass is 127. The molecule has 1 heterocycles. The molecule has 2 aromatic rings. The maximum absolute atomic E-state index is 12.6. The fourth-order valence-electron chi connectivity index (χ4n) is 2.37. The Balaban J connectivity index is 1.93. The fraction of sp³-hybridized carbons (Fsp3) is 0.111. The van der Waals surface area contributed by atoms with Crippen LogP contribution in [-0.2, 0) is 9.59 Å². The third kappa shape index (κ3) is 3.28.